The second-order valence-electron chi connectivity index (χ2n) is 5.17. The zero-order valence-corrected chi connectivity index (χ0v) is 11.5. The van der Waals surface area contributed by atoms with E-state index in [4.69, 9.17) is 0 Å². The van der Waals surface area contributed by atoms with Gasteiger partial charge in [0, 0.05) is 32.4 Å². The average Bonchev–Trinajstić information content (AvgIpc) is 2.89. The minimum atomic E-state index is -0.311. The maximum atomic E-state index is 13.3. The molecule has 1 aromatic heterocycles. The molecule has 1 saturated heterocycles. The van der Waals surface area contributed by atoms with Crippen molar-refractivity contribution < 1.29 is 14.0 Å². The quantitative estimate of drug-likeness (QED) is 0.794. The van der Waals surface area contributed by atoms with Gasteiger partial charge >= 0.3 is 0 Å². The summed E-state index contributed by atoms with van der Waals surface area (Å²) in [5, 5.41) is 0.912. The maximum Gasteiger partial charge on any atom is 0.242 e. The summed E-state index contributed by atoms with van der Waals surface area (Å²) in [4.78, 5) is 26.3. The highest BCUT2D eigenvalue weighted by molar-refractivity contribution is 5.83. The molecule has 2 amide bonds. The van der Waals surface area contributed by atoms with Gasteiger partial charge in [-0.3, -0.25) is 9.59 Å². The Kier molecular flexibility index (Phi) is 3.60. The third-order valence-electron chi connectivity index (χ3n) is 3.86. The number of amides is 2. The molecule has 0 radical (unpaired) electrons. The van der Waals surface area contributed by atoms with Crippen LogP contribution in [-0.2, 0) is 16.1 Å². The summed E-state index contributed by atoms with van der Waals surface area (Å²) in [7, 11) is 0. The first-order valence-corrected chi connectivity index (χ1v) is 6.89. The van der Waals surface area contributed by atoms with Gasteiger partial charge in [0.2, 0.25) is 12.3 Å². The Labute approximate surface area is 121 Å². The van der Waals surface area contributed by atoms with Gasteiger partial charge < -0.3 is 14.4 Å². The molecule has 2 heterocycles. The van der Waals surface area contributed by atoms with Crippen LogP contribution in [0.4, 0.5) is 4.39 Å². The molecule has 0 unspecified atom stereocenters. The SMILES string of the molecule is O=CN1CCN(C(=O)Cn2ccc3ccc(F)cc32)CC1. The first-order chi connectivity index (χ1) is 10.2. The maximum absolute atomic E-state index is 13.3. The molecule has 0 spiro atoms. The van der Waals surface area contributed by atoms with Crippen LogP contribution in [0.5, 0.6) is 0 Å². The van der Waals surface area contributed by atoms with E-state index in [2.05, 4.69) is 0 Å². The molecule has 0 atom stereocenters. The third-order valence-corrected chi connectivity index (χ3v) is 3.86. The molecule has 0 bridgehead atoms. The van der Waals surface area contributed by atoms with Crippen LogP contribution < -0.4 is 0 Å². The Balaban J connectivity index is 1.72. The zero-order valence-electron chi connectivity index (χ0n) is 11.5. The molecule has 1 aliphatic rings. The van der Waals surface area contributed by atoms with Crippen LogP contribution in [0.3, 0.4) is 0 Å². The molecule has 2 aromatic rings. The number of halogens is 1. The molecule has 21 heavy (non-hydrogen) atoms. The lowest BCUT2D eigenvalue weighted by atomic mass is 10.2. The molecule has 5 nitrogen and oxygen atoms in total. The van der Waals surface area contributed by atoms with Gasteiger partial charge in [0.05, 0.1) is 5.52 Å². The number of carbonyl (C=O) groups is 2. The van der Waals surface area contributed by atoms with Crippen molar-refractivity contribution in [2.45, 2.75) is 6.54 Å². The van der Waals surface area contributed by atoms with E-state index in [-0.39, 0.29) is 18.3 Å². The minimum absolute atomic E-state index is 0.0117. The van der Waals surface area contributed by atoms with Crippen molar-refractivity contribution in [2.24, 2.45) is 0 Å². The molecule has 1 fully saturated rings. The number of nitrogens with zero attached hydrogens (tertiary/aromatic N) is 3. The number of piperazine rings is 1. The molecule has 110 valence electrons. The number of benzene rings is 1. The summed E-state index contributed by atoms with van der Waals surface area (Å²) < 4.78 is 15.1. The fourth-order valence-electron chi connectivity index (χ4n) is 2.62. The summed E-state index contributed by atoms with van der Waals surface area (Å²) >= 11 is 0. The minimum Gasteiger partial charge on any atom is -0.342 e. The van der Waals surface area contributed by atoms with Gasteiger partial charge in [-0.1, -0.05) is 0 Å². The summed E-state index contributed by atoms with van der Waals surface area (Å²) in [5.74, 6) is -0.322. The summed E-state index contributed by atoms with van der Waals surface area (Å²) in [6, 6.07) is 6.42. The van der Waals surface area contributed by atoms with Gasteiger partial charge in [-0.05, 0) is 29.7 Å². The standard InChI is InChI=1S/C15H16FN3O2/c16-13-2-1-12-3-4-19(14(12)9-13)10-15(21)18-7-5-17(11-20)6-8-18/h1-4,9,11H,5-8,10H2. The lowest BCUT2D eigenvalue weighted by molar-refractivity contribution is -0.135. The van der Waals surface area contributed by atoms with Gasteiger partial charge in [0.25, 0.3) is 0 Å². The molecular formula is C15H16FN3O2. The van der Waals surface area contributed by atoms with Crippen LogP contribution >= 0.6 is 0 Å². The van der Waals surface area contributed by atoms with Crippen molar-refractivity contribution in [1.82, 2.24) is 14.4 Å². The van der Waals surface area contributed by atoms with Gasteiger partial charge in [-0.25, -0.2) is 4.39 Å². The summed E-state index contributed by atoms with van der Waals surface area (Å²) in [6.45, 7) is 2.41. The molecule has 6 heteroatoms. The fraction of sp³-hybridized carbons (Fsp3) is 0.333. The lowest BCUT2D eigenvalue weighted by Crippen LogP contribution is -2.48. The van der Waals surface area contributed by atoms with Crippen molar-refractivity contribution in [1.29, 1.82) is 0 Å². The van der Waals surface area contributed by atoms with E-state index < -0.39 is 0 Å². The average molecular weight is 289 g/mol. The van der Waals surface area contributed by atoms with E-state index in [1.807, 2.05) is 6.07 Å². The number of fused-ring (bicyclic) bond motifs is 1. The Bertz CT molecular complexity index is 675. The number of hydrogen-bond acceptors (Lipinski definition) is 2. The molecule has 0 N–H and O–H groups in total. The number of aromatic nitrogens is 1. The molecule has 0 saturated carbocycles. The van der Waals surface area contributed by atoms with Crippen LogP contribution in [-0.4, -0.2) is 52.9 Å². The van der Waals surface area contributed by atoms with Crippen molar-refractivity contribution in [2.75, 3.05) is 26.2 Å². The molecule has 3 rings (SSSR count). The van der Waals surface area contributed by atoms with E-state index in [1.165, 1.54) is 12.1 Å². The Morgan fingerprint density at radius 2 is 1.95 bits per heavy atom. The predicted octanol–water partition coefficient (Wildman–Crippen LogP) is 1.08. The number of hydrogen-bond donors (Lipinski definition) is 0. The van der Waals surface area contributed by atoms with Crippen molar-refractivity contribution in [3.05, 3.63) is 36.3 Å². The van der Waals surface area contributed by atoms with Crippen LogP contribution in [0.1, 0.15) is 0 Å². The normalized spacial score (nSPS) is 15.5. The first-order valence-electron chi connectivity index (χ1n) is 6.89. The zero-order chi connectivity index (χ0) is 14.8. The topological polar surface area (TPSA) is 45.6 Å². The first kappa shape index (κ1) is 13.6. The lowest BCUT2D eigenvalue weighted by Gasteiger charge is -2.32. The van der Waals surface area contributed by atoms with Crippen molar-refractivity contribution >= 4 is 23.2 Å². The van der Waals surface area contributed by atoms with Gasteiger partial charge in [0.15, 0.2) is 0 Å². The summed E-state index contributed by atoms with van der Waals surface area (Å²) in [5.41, 5.74) is 0.717. The highest BCUT2D eigenvalue weighted by Crippen LogP contribution is 2.17. The Morgan fingerprint density at radius 3 is 2.67 bits per heavy atom. The second kappa shape index (κ2) is 5.55. The predicted molar refractivity (Wildman–Crippen MR) is 76.1 cm³/mol. The van der Waals surface area contributed by atoms with Crippen LogP contribution in [0.2, 0.25) is 0 Å². The van der Waals surface area contributed by atoms with Gasteiger partial charge in [-0.15, -0.1) is 0 Å². The van der Waals surface area contributed by atoms with Crippen LogP contribution in [0.25, 0.3) is 10.9 Å². The van der Waals surface area contributed by atoms with E-state index in [0.29, 0.717) is 26.2 Å². The molecule has 1 aromatic carbocycles. The third kappa shape index (κ3) is 2.74. The number of rotatable bonds is 3. The Morgan fingerprint density at radius 1 is 1.19 bits per heavy atom. The monoisotopic (exact) mass is 289 g/mol. The van der Waals surface area contributed by atoms with Crippen molar-refractivity contribution in [3.63, 3.8) is 0 Å². The Hall–Kier alpha value is -2.37. The molecule has 1 aliphatic heterocycles. The highest BCUT2D eigenvalue weighted by Gasteiger charge is 2.20. The van der Waals surface area contributed by atoms with E-state index >= 15 is 0 Å². The van der Waals surface area contributed by atoms with Crippen molar-refractivity contribution in [3.8, 4) is 0 Å². The number of carbonyl (C=O) groups excluding carboxylic acids is 2. The smallest absolute Gasteiger partial charge is 0.242 e. The van der Waals surface area contributed by atoms with Gasteiger partial charge in [-0.2, -0.15) is 0 Å². The molecular weight excluding hydrogens is 273 g/mol. The van der Waals surface area contributed by atoms with E-state index in [9.17, 15) is 14.0 Å². The van der Waals surface area contributed by atoms with Gasteiger partial charge in [0.1, 0.15) is 12.4 Å². The second-order valence-corrected chi connectivity index (χ2v) is 5.17. The fourth-order valence-corrected chi connectivity index (χ4v) is 2.62. The molecule has 0 aliphatic carbocycles. The van der Waals surface area contributed by atoms with E-state index in [0.717, 1.165) is 17.3 Å². The van der Waals surface area contributed by atoms with E-state index in [1.54, 1.807) is 26.6 Å². The summed E-state index contributed by atoms with van der Waals surface area (Å²) in [6.07, 6.45) is 2.60. The highest BCUT2D eigenvalue weighted by atomic mass is 19.1. The largest absolute Gasteiger partial charge is 0.342 e. The van der Waals surface area contributed by atoms with Crippen LogP contribution in [0, 0.1) is 5.82 Å². The van der Waals surface area contributed by atoms with Crippen LogP contribution in [0.15, 0.2) is 30.5 Å².